The predicted molar refractivity (Wildman–Crippen MR) is 71.0 cm³/mol. The van der Waals surface area contributed by atoms with Gasteiger partial charge in [0, 0.05) is 0 Å². The van der Waals surface area contributed by atoms with Crippen molar-refractivity contribution >= 4 is 5.97 Å². The number of carbonyl (C=O) groups is 1. The third-order valence-electron chi connectivity index (χ3n) is 6.06. The van der Waals surface area contributed by atoms with Gasteiger partial charge in [-0.1, -0.05) is 20.8 Å². The average molecular weight is 250 g/mol. The van der Waals surface area contributed by atoms with E-state index in [1.54, 1.807) is 0 Å². The SMILES string of the molecule is CCC(C)C(=O)OC12CC3CC(CC(C3)C1C)C2. The van der Waals surface area contributed by atoms with Gasteiger partial charge in [-0.2, -0.15) is 0 Å². The first-order valence-electron chi connectivity index (χ1n) is 7.77. The fraction of sp³-hybridized carbons (Fsp3) is 0.938. The maximum Gasteiger partial charge on any atom is 0.309 e. The van der Waals surface area contributed by atoms with Crippen LogP contribution in [0.5, 0.6) is 0 Å². The molecule has 4 unspecified atom stereocenters. The summed E-state index contributed by atoms with van der Waals surface area (Å²) in [4.78, 5) is 12.2. The van der Waals surface area contributed by atoms with Crippen LogP contribution in [0.3, 0.4) is 0 Å². The molecule has 2 nitrogen and oxygen atoms in total. The second kappa shape index (κ2) is 4.25. The van der Waals surface area contributed by atoms with E-state index in [9.17, 15) is 4.79 Å². The van der Waals surface area contributed by atoms with E-state index in [4.69, 9.17) is 4.74 Å². The van der Waals surface area contributed by atoms with Gasteiger partial charge in [0.15, 0.2) is 0 Å². The molecule has 0 saturated heterocycles. The van der Waals surface area contributed by atoms with Crippen molar-refractivity contribution in [3.8, 4) is 0 Å². The van der Waals surface area contributed by atoms with Gasteiger partial charge in [0.25, 0.3) is 0 Å². The molecule has 0 N–H and O–H groups in total. The van der Waals surface area contributed by atoms with Crippen LogP contribution < -0.4 is 0 Å². The summed E-state index contributed by atoms with van der Waals surface area (Å²) in [5.74, 6) is 3.18. The van der Waals surface area contributed by atoms with Gasteiger partial charge in [0.2, 0.25) is 0 Å². The van der Waals surface area contributed by atoms with E-state index in [0.29, 0.717) is 5.92 Å². The molecule has 0 aromatic carbocycles. The second-order valence-corrected chi connectivity index (χ2v) is 7.19. The highest BCUT2D eigenvalue weighted by atomic mass is 16.6. The van der Waals surface area contributed by atoms with Crippen LogP contribution in [0.2, 0.25) is 0 Å². The molecule has 0 spiro atoms. The van der Waals surface area contributed by atoms with Gasteiger partial charge in [0.1, 0.15) is 5.60 Å². The smallest absolute Gasteiger partial charge is 0.309 e. The summed E-state index contributed by atoms with van der Waals surface area (Å²) < 4.78 is 6.08. The van der Waals surface area contributed by atoms with Gasteiger partial charge < -0.3 is 4.74 Å². The molecule has 0 radical (unpaired) electrons. The molecule has 4 aliphatic carbocycles. The molecule has 0 aromatic rings. The Balaban J connectivity index is 1.79. The Morgan fingerprint density at radius 3 is 2.44 bits per heavy atom. The van der Waals surface area contributed by atoms with Gasteiger partial charge >= 0.3 is 5.97 Å². The third-order valence-corrected chi connectivity index (χ3v) is 6.06. The molecule has 2 heteroatoms. The van der Waals surface area contributed by atoms with Gasteiger partial charge in [-0.15, -0.1) is 0 Å². The maximum atomic E-state index is 12.2. The van der Waals surface area contributed by atoms with E-state index < -0.39 is 0 Å². The third kappa shape index (κ3) is 1.80. The Bertz CT molecular complexity index is 335. The van der Waals surface area contributed by atoms with Crippen LogP contribution in [0.4, 0.5) is 0 Å². The monoisotopic (exact) mass is 250 g/mol. The van der Waals surface area contributed by atoms with Crippen molar-refractivity contribution < 1.29 is 9.53 Å². The molecule has 18 heavy (non-hydrogen) atoms. The number of carbonyl (C=O) groups excluding carboxylic acids is 1. The Morgan fingerprint density at radius 1 is 1.28 bits per heavy atom. The van der Waals surface area contributed by atoms with Crippen LogP contribution in [0, 0.1) is 29.6 Å². The zero-order chi connectivity index (χ0) is 12.9. The Labute approximate surface area is 110 Å². The summed E-state index contributed by atoms with van der Waals surface area (Å²) in [6, 6.07) is 0. The van der Waals surface area contributed by atoms with Gasteiger partial charge in [-0.3, -0.25) is 4.79 Å². The number of hydrogen-bond donors (Lipinski definition) is 0. The van der Waals surface area contributed by atoms with E-state index in [-0.39, 0.29) is 17.5 Å². The van der Waals surface area contributed by atoms with Crippen molar-refractivity contribution in [1.29, 1.82) is 0 Å². The van der Waals surface area contributed by atoms with Crippen LogP contribution in [0.1, 0.15) is 59.3 Å². The van der Waals surface area contributed by atoms with Crippen LogP contribution in [-0.4, -0.2) is 11.6 Å². The van der Waals surface area contributed by atoms with Crippen LogP contribution in [0.15, 0.2) is 0 Å². The first-order valence-corrected chi connectivity index (χ1v) is 7.77. The molecule has 4 aliphatic rings. The first-order chi connectivity index (χ1) is 8.54. The van der Waals surface area contributed by atoms with Gasteiger partial charge in [-0.25, -0.2) is 0 Å². The summed E-state index contributed by atoms with van der Waals surface area (Å²) in [5, 5.41) is 0. The van der Waals surface area contributed by atoms with Crippen LogP contribution in [0.25, 0.3) is 0 Å². The molecule has 0 amide bonds. The van der Waals surface area contributed by atoms with Crippen molar-refractivity contribution in [1.82, 2.24) is 0 Å². The summed E-state index contributed by atoms with van der Waals surface area (Å²) in [6.07, 6.45) is 7.35. The van der Waals surface area contributed by atoms with Crippen LogP contribution >= 0.6 is 0 Å². The lowest BCUT2D eigenvalue weighted by Gasteiger charge is -2.59. The highest BCUT2D eigenvalue weighted by Crippen LogP contribution is 2.59. The Hall–Kier alpha value is -0.530. The van der Waals surface area contributed by atoms with Crippen molar-refractivity contribution in [2.75, 3.05) is 0 Å². The molecule has 0 aromatic heterocycles. The topological polar surface area (TPSA) is 26.3 Å². The van der Waals surface area contributed by atoms with Crippen LogP contribution in [-0.2, 0) is 9.53 Å². The molecule has 102 valence electrons. The van der Waals surface area contributed by atoms with E-state index in [2.05, 4.69) is 13.8 Å². The first kappa shape index (κ1) is 12.5. The van der Waals surface area contributed by atoms with Crippen molar-refractivity contribution in [3.63, 3.8) is 0 Å². The Morgan fingerprint density at radius 2 is 1.89 bits per heavy atom. The highest BCUT2D eigenvalue weighted by molar-refractivity contribution is 5.72. The van der Waals surface area contributed by atoms with Gasteiger partial charge in [-0.05, 0) is 62.2 Å². The van der Waals surface area contributed by atoms with E-state index in [1.165, 1.54) is 19.3 Å². The minimum Gasteiger partial charge on any atom is -0.459 e. The van der Waals surface area contributed by atoms with Crippen molar-refractivity contribution in [3.05, 3.63) is 0 Å². The zero-order valence-corrected chi connectivity index (χ0v) is 11.9. The standard InChI is InChI=1S/C16H26O2/c1-4-10(2)15(17)18-16-8-12-5-13(9-16)7-14(6-12)11(16)3/h10-14H,4-9H2,1-3H3. The van der Waals surface area contributed by atoms with Crippen molar-refractivity contribution in [2.45, 2.75) is 64.9 Å². The molecule has 4 saturated carbocycles. The van der Waals surface area contributed by atoms with Gasteiger partial charge in [0.05, 0.1) is 5.92 Å². The normalized spacial score (nSPS) is 47.1. The number of hydrogen-bond acceptors (Lipinski definition) is 2. The van der Waals surface area contributed by atoms with E-state index >= 15 is 0 Å². The molecule has 0 heterocycles. The predicted octanol–water partition coefficient (Wildman–Crippen LogP) is 3.79. The molecule has 4 atom stereocenters. The van der Waals surface area contributed by atoms with Crippen molar-refractivity contribution in [2.24, 2.45) is 29.6 Å². The fourth-order valence-corrected chi connectivity index (χ4v) is 4.86. The van der Waals surface area contributed by atoms with E-state index in [0.717, 1.165) is 37.0 Å². The number of esters is 1. The summed E-state index contributed by atoms with van der Waals surface area (Å²) in [7, 11) is 0. The molecule has 4 fully saturated rings. The molecule has 0 aliphatic heterocycles. The second-order valence-electron chi connectivity index (χ2n) is 7.19. The maximum absolute atomic E-state index is 12.2. The Kier molecular flexibility index (Phi) is 2.95. The molecule has 4 rings (SSSR count). The molecule has 4 bridgehead atoms. The number of rotatable bonds is 3. The zero-order valence-electron chi connectivity index (χ0n) is 11.9. The summed E-state index contributed by atoms with van der Waals surface area (Å²) in [6.45, 7) is 6.38. The van der Waals surface area contributed by atoms with E-state index in [1.807, 2.05) is 6.92 Å². The quantitative estimate of drug-likeness (QED) is 0.712. The minimum absolute atomic E-state index is 0.0475. The lowest BCUT2D eigenvalue weighted by Crippen LogP contribution is -2.58. The largest absolute Gasteiger partial charge is 0.459 e. The summed E-state index contributed by atoms with van der Waals surface area (Å²) >= 11 is 0. The molecular weight excluding hydrogens is 224 g/mol. The highest BCUT2D eigenvalue weighted by Gasteiger charge is 2.57. The number of ether oxygens (including phenoxy) is 1. The average Bonchev–Trinajstić information content (AvgIpc) is 2.33. The summed E-state index contributed by atoms with van der Waals surface area (Å²) in [5.41, 5.74) is -0.0880. The minimum atomic E-state index is -0.0880. The fourth-order valence-electron chi connectivity index (χ4n) is 4.86. The lowest BCUT2D eigenvalue weighted by molar-refractivity contribution is -0.208. The lowest BCUT2D eigenvalue weighted by atomic mass is 9.50. The molecular formula is C16H26O2.